The summed E-state index contributed by atoms with van der Waals surface area (Å²) in [5.74, 6) is 2.37. The van der Waals surface area contributed by atoms with Crippen LogP contribution in [-0.2, 0) is 13.1 Å². The number of rotatable bonds is 4. The number of pyridine rings is 1. The fourth-order valence-electron chi connectivity index (χ4n) is 3.46. The standard InChI is InChI=1S/C19H18IN9/c20-15-4-3-5-16(12-15)29-25-17(22-26-29)13-27-10-1-2-11-28-18(23-24-19(27)28)14-6-8-21-9-7-14/h3-9,12H,1-2,10-11,13H2. The SMILES string of the molecule is Ic1cccc(-n2nnc(CN3CCCCn4c(-c5ccncc5)nnc43)n2)c1. The molecule has 1 aliphatic heterocycles. The van der Waals surface area contributed by atoms with Crippen LogP contribution >= 0.6 is 22.6 Å². The summed E-state index contributed by atoms with van der Waals surface area (Å²) >= 11 is 2.28. The van der Waals surface area contributed by atoms with Gasteiger partial charge in [0.05, 0.1) is 12.2 Å². The van der Waals surface area contributed by atoms with Gasteiger partial charge in [-0.1, -0.05) is 6.07 Å². The molecule has 0 aliphatic carbocycles. The summed E-state index contributed by atoms with van der Waals surface area (Å²) in [7, 11) is 0. The van der Waals surface area contributed by atoms with Crippen LogP contribution in [0.5, 0.6) is 0 Å². The van der Waals surface area contributed by atoms with Gasteiger partial charge in [0.1, 0.15) is 0 Å². The lowest BCUT2D eigenvalue weighted by Crippen LogP contribution is -2.26. The van der Waals surface area contributed by atoms with E-state index in [1.165, 1.54) is 0 Å². The van der Waals surface area contributed by atoms with Crippen LogP contribution in [0.4, 0.5) is 5.95 Å². The van der Waals surface area contributed by atoms with Crippen LogP contribution in [0.25, 0.3) is 17.1 Å². The molecule has 1 aromatic carbocycles. The monoisotopic (exact) mass is 499 g/mol. The van der Waals surface area contributed by atoms with Crippen LogP contribution in [0.3, 0.4) is 0 Å². The van der Waals surface area contributed by atoms with Crippen LogP contribution in [0.2, 0.25) is 0 Å². The summed E-state index contributed by atoms with van der Waals surface area (Å²) in [5.41, 5.74) is 1.91. The van der Waals surface area contributed by atoms with Crippen molar-refractivity contribution < 1.29 is 0 Å². The first-order chi connectivity index (χ1) is 14.3. The molecular weight excluding hydrogens is 481 g/mol. The summed E-state index contributed by atoms with van der Waals surface area (Å²) in [5, 5.41) is 22.0. The summed E-state index contributed by atoms with van der Waals surface area (Å²) in [6.45, 7) is 2.31. The third-order valence-electron chi connectivity index (χ3n) is 4.84. The third kappa shape index (κ3) is 3.71. The lowest BCUT2D eigenvalue weighted by Gasteiger charge is -2.19. The van der Waals surface area contributed by atoms with Gasteiger partial charge in [-0.05, 0) is 71.0 Å². The largest absolute Gasteiger partial charge is 0.333 e. The molecule has 0 bridgehead atoms. The zero-order chi connectivity index (χ0) is 19.6. The van der Waals surface area contributed by atoms with Crippen LogP contribution in [0.15, 0.2) is 48.8 Å². The molecule has 29 heavy (non-hydrogen) atoms. The molecule has 0 amide bonds. The van der Waals surface area contributed by atoms with Crippen LogP contribution < -0.4 is 4.90 Å². The molecule has 0 saturated heterocycles. The Labute approximate surface area is 180 Å². The zero-order valence-corrected chi connectivity index (χ0v) is 17.7. The number of halogens is 1. The number of hydrogen-bond donors (Lipinski definition) is 0. The van der Waals surface area contributed by atoms with Gasteiger partial charge >= 0.3 is 0 Å². The number of fused-ring (bicyclic) bond motifs is 1. The van der Waals surface area contributed by atoms with E-state index in [4.69, 9.17) is 0 Å². The molecule has 5 rings (SSSR count). The highest BCUT2D eigenvalue weighted by atomic mass is 127. The van der Waals surface area contributed by atoms with Crippen molar-refractivity contribution in [2.24, 2.45) is 0 Å². The number of nitrogens with zero attached hydrogens (tertiary/aromatic N) is 9. The van der Waals surface area contributed by atoms with Gasteiger partial charge in [0, 0.05) is 34.6 Å². The van der Waals surface area contributed by atoms with Crippen molar-refractivity contribution in [3.63, 3.8) is 0 Å². The van der Waals surface area contributed by atoms with Gasteiger partial charge in [0.25, 0.3) is 0 Å². The van der Waals surface area contributed by atoms with Gasteiger partial charge in [0.2, 0.25) is 5.95 Å². The Morgan fingerprint density at radius 1 is 0.966 bits per heavy atom. The Kier molecular flexibility index (Phi) is 4.92. The maximum absolute atomic E-state index is 4.57. The minimum absolute atomic E-state index is 0.540. The maximum Gasteiger partial charge on any atom is 0.227 e. The lowest BCUT2D eigenvalue weighted by atomic mass is 10.2. The van der Waals surface area contributed by atoms with Gasteiger partial charge in [-0.2, -0.15) is 0 Å². The predicted molar refractivity (Wildman–Crippen MR) is 115 cm³/mol. The fourth-order valence-corrected chi connectivity index (χ4v) is 3.99. The van der Waals surface area contributed by atoms with Gasteiger partial charge in [-0.3, -0.25) is 9.55 Å². The average Bonchev–Trinajstić information content (AvgIpc) is 3.33. The van der Waals surface area contributed by atoms with E-state index in [9.17, 15) is 0 Å². The van der Waals surface area contributed by atoms with Crippen molar-refractivity contribution in [1.29, 1.82) is 0 Å². The Morgan fingerprint density at radius 3 is 2.69 bits per heavy atom. The molecular formula is C19H18IN9. The minimum Gasteiger partial charge on any atom is -0.333 e. The first-order valence-corrected chi connectivity index (χ1v) is 10.5. The predicted octanol–water partition coefficient (Wildman–Crippen LogP) is 2.72. The Balaban J connectivity index is 1.43. The van der Waals surface area contributed by atoms with Crippen molar-refractivity contribution >= 4 is 28.5 Å². The minimum atomic E-state index is 0.540. The number of hydrogen-bond acceptors (Lipinski definition) is 7. The first kappa shape index (κ1) is 18.2. The van der Waals surface area contributed by atoms with E-state index in [0.717, 1.165) is 52.5 Å². The van der Waals surface area contributed by atoms with Gasteiger partial charge in [-0.15, -0.1) is 25.2 Å². The fraction of sp³-hybridized carbons (Fsp3) is 0.263. The average molecular weight is 499 g/mol. The molecule has 0 N–H and O–H groups in total. The highest BCUT2D eigenvalue weighted by molar-refractivity contribution is 14.1. The summed E-state index contributed by atoms with van der Waals surface area (Å²) in [6.07, 6.45) is 5.70. The Morgan fingerprint density at radius 2 is 1.83 bits per heavy atom. The molecule has 0 unspecified atom stereocenters. The third-order valence-corrected chi connectivity index (χ3v) is 5.51. The van der Waals surface area contributed by atoms with Crippen molar-refractivity contribution in [3.05, 3.63) is 58.2 Å². The van der Waals surface area contributed by atoms with E-state index in [2.05, 4.69) is 62.6 Å². The van der Waals surface area contributed by atoms with E-state index in [0.29, 0.717) is 12.4 Å². The molecule has 10 heteroatoms. The summed E-state index contributed by atoms with van der Waals surface area (Å²) in [6, 6.07) is 11.9. The first-order valence-electron chi connectivity index (χ1n) is 9.41. The van der Waals surface area contributed by atoms with Crippen LogP contribution in [-0.4, -0.2) is 46.5 Å². The molecule has 0 atom stereocenters. The normalized spacial score (nSPS) is 13.9. The second kappa shape index (κ2) is 7.85. The highest BCUT2D eigenvalue weighted by Gasteiger charge is 2.23. The summed E-state index contributed by atoms with van der Waals surface area (Å²) < 4.78 is 3.30. The molecule has 4 heterocycles. The maximum atomic E-state index is 4.57. The topological polar surface area (TPSA) is 90.4 Å². The molecule has 0 radical (unpaired) electrons. The quantitative estimate of drug-likeness (QED) is 0.399. The molecule has 9 nitrogen and oxygen atoms in total. The molecule has 0 saturated carbocycles. The van der Waals surface area contributed by atoms with Crippen molar-refractivity contribution in [2.45, 2.75) is 25.9 Å². The number of tetrazole rings is 1. The van der Waals surface area contributed by atoms with Crippen molar-refractivity contribution in [3.8, 4) is 17.1 Å². The van der Waals surface area contributed by atoms with E-state index >= 15 is 0 Å². The van der Waals surface area contributed by atoms with E-state index in [1.807, 2.05) is 36.4 Å². The van der Waals surface area contributed by atoms with Crippen molar-refractivity contribution in [2.75, 3.05) is 11.4 Å². The zero-order valence-electron chi connectivity index (χ0n) is 15.6. The van der Waals surface area contributed by atoms with E-state index in [1.54, 1.807) is 17.2 Å². The van der Waals surface area contributed by atoms with Crippen LogP contribution in [0, 0.1) is 3.57 Å². The lowest BCUT2D eigenvalue weighted by molar-refractivity contribution is 0.651. The number of aromatic nitrogens is 8. The molecule has 1 aliphatic rings. The van der Waals surface area contributed by atoms with Gasteiger partial charge in [0.15, 0.2) is 11.6 Å². The second-order valence-corrected chi connectivity index (χ2v) is 8.06. The Bertz CT molecular complexity index is 1120. The van der Waals surface area contributed by atoms with Crippen LogP contribution in [0.1, 0.15) is 18.7 Å². The molecule has 0 spiro atoms. The molecule has 146 valence electrons. The van der Waals surface area contributed by atoms with Gasteiger partial charge < -0.3 is 4.90 Å². The molecule has 3 aromatic heterocycles. The molecule has 0 fully saturated rings. The van der Waals surface area contributed by atoms with Gasteiger partial charge in [-0.25, -0.2) is 0 Å². The second-order valence-electron chi connectivity index (χ2n) is 6.81. The highest BCUT2D eigenvalue weighted by Crippen LogP contribution is 2.26. The Hall–Kier alpha value is -2.89. The molecule has 4 aromatic rings. The number of anilines is 1. The van der Waals surface area contributed by atoms with E-state index in [-0.39, 0.29) is 0 Å². The van der Waals surface area contributed by atoms with Crippen molar-refractivity contribution in [1.82, 2.24) is 40.0 Å². The number of benzene rings is 1. The summed E-state index contributed by atoms with van der Waals surface area (Å²) in [4.78, 5) is 7.85. The smallest absolute Gasteiger partial charge is 0.227 e. The van der Waals surface area contributed by atoms with E-state index < -0.39 is 0 Å².